The highest BCUT2D eigenvalue weighted by atomic mass is 32.1. The number of nitrogens with zero attached hydrogens (tertiary/aromatic N) is 3. The predicted molar refractivity (Wildman–Crippen MR) is 109 cm³/mol. The van der Waals surface area contributed by atoms with Crippen molar-refractivity contribution in [3.8, 4) is 0 Å². The van der Waals surface area contributed by atoms with Crippen LogP contribution in [-0.4, -0.2) is 52.8 Å². The van der Waals surface area contributed by atoms with Crippen molar-refractivity contribution < 1.29 is 5.11 Å². The third-order valence-electron chi connectivity index (χ3n) is 5.50. The number of benzene rings is 1. The molecule has 0 bridgehead atoms. The number of rotatable bonds is 5. The molecule has 1 saturated carbocycles. The summed E-state index contributed by atoms with van der Waals surface area (Å²) in [4.78, 5) is 12.4. The summed E-state index contributed by atoms with van der Waals surface area (Å²) >= 11 is 1.71. The van der Waals surface area contributed by atoms with Crippen molar-refractivity contribution in [2.75, 3.05) is 26.0 Å². The quantitative estimate of drug-likeness (QED) is 0.718. The minimum absolute atomic E-state index is 0.171. The van der Waals surface area contributed by atoms with Crippen molar-refractivity contribution in [1.82, 2.24) is 14.9 Å². The van der Waals surface area contributed by atoms with E-state index in [0.29, 0.717) is 18.5 Å². The first-order valence-corrected chi connectivity index (χ1v) is 10.2. The van der Waals surface area contributed by atoms with Crippen LogP contribution in [0.25, 0.3) is 20.3 Å². The summed E-state index contributed by atoms with van der Waals surface area (Å²) in [6.45, 7) is 0.171. The largest absolute Gasteiger partial charge is 0.396 e. The molecular formula is C20H26N4OS. The van der Waals surface area contributed by atoms with Crippen molar-refractivity contribution in [3.63, 3.8) is 0 Å². The molecule has 5 nitrogen and oxygen atoms in total. The highest BCUT2D eigenvalue weighted by molar-refractivity contribution is 7.25. The first-order chi connectivity index (χ1) is 12.7. The van der Waals surface area contributed by atoms with Gasteiger partial charge in [-0.25, -0.2) is 9.97 Å². The Morgan fingerprint density at radius 1 is 1.19 bits per heavy atom. The highest BCUT2D eigenvalue weighted by Gasteiger charge is 2.23. The van der Waals surface area contributed by atoms with Gasteiger partial charge in [0.2, 0.25) is 0 Å². The maximum Gasteiger partial charge on any atom is 0.139 e. The van der Waals surface area contributed by atoms with Crippen LogP contribution in [0.2, 0.25) is 0 Å². The Hall–Kier alpha value is -1.76. The molecule has 2 heterocycles. The lowest BCUT2D eigenvalue weighted by molar-refractivity contribution is 0.221. The predicted octanol–water partition coefficient (Wildman–Crippen LogP) is 3.66. The van der Waals surface area contributed by atoms with Gasteiger partial charge in [0.25, 0.3) is 0 Å². The number of aliphatic hydroxyl groups excluding tert-OH is 1. The van der Waals surface area contributed by atoms with Crippen molar-refractivity contribution in [3.05, 3.63) is 30.1 Å². The van der Waals surface area contributed by atoms with E-state index in [2.05, 4.69) is 52.5 Å². The summed E-state index contributed by atoms with van der Waals surface area (Å²) in [6.07, 6.45) is 7.14. The van der Waals surface area contributed by atoms with Gasteiger partial charge in [-0.3, -0.25) is 0 Å². The molecule has 2 aromatic heterocycles. The van der Waals surface area contributed by atoms with Crippen molar-refractivity contribution >= 4 is 37.5 Å². The van der Waals surface area contributed by atoms with E-state index in [1.54, 1.807) is 17.7 Å². The molecule has 0 amide bonds. The average molecular weight is 371 g/mol. The van der Waals surface area contributed by atoms with Gasteiger partial charge in [-0.05, 0) is 63.9 Å². The number of thiophene rings is 1. The SMILES string of the molecule is CN(C)C1CCC(Nc2ncnc3sc4ccc(CCO)cc4c23)CC1. The molecule has 0 saturated heterocycles. The molecule has 2 N–H and O–H groups in total. The second kappa shape index (κ2) is 7.47. The zero-order chi connectivity index (χ0) is 18.1. The van der Waals surface area contributed by atoms with Crippen molar-refractivity contribution in [2.24, 2.45) is 0 Å². The number of anilines is 1. The van der Waals surface area contributed by atoms with E-state index in [1.807, 2.05) is 0 Å². The summed E-state index contributed by atoms with van der Waals surface area (Å²) in [5.41, 5.74) is 1.15. The zero-order valence-electron chi connectivity index (χ0n) is 15.4. The van der Waals surface area contributed by atoms with Crippen LogP contribution < -0.4 is 5.32 Å². The molecule has 0 atom stereocenters. The van der Waals surface area contributed by atoms with Gasteiger partial charge in [0.15, 0.2) is 0 Å². The average Bonchev–Trinajstić information content (AvgIpc) is 3.01. The van der Waals surface area contributed by atoms with Gasteiger partial charge in [0, 0.05) is 28.8 Å². The van der Waals surface area contributed by atoms with E-state index in [1.165, 1.54) is 35.8 Å². The van der Waals surface area contributed by atoms with Crippen LogP contribution in [-0.2, 0) is 6.42 Å². The summed E-state index contributed by atoms with van der Waals surface area (Å²) in [5.74, 6) is 0.954. The summed E-state index contributed by atoms with van der Waals surface area (Å²) in [7, 11) is 4.35. The van der Waals surface area contributed by atoms with Crippen LogP contribution in [0.3, 0.4) is 0 Å². The van der Waals surface area contributed by atoms with Crippen LogP contribution in [0.4, 0.5) is 5.82 Å². The van der Waals surface area contributed by atoms with Gasteiger partial charge in [-0.2, -0.15) is 0 Å². The first kappa shape index (κ1) is 17.6. The Labute approximate surface area is 158 Å². The molecule has 0 unspecified atom stereocenters. The maximum atomic E-state index is 9.25. The monoisotopic (exact) mass is 370 g/mol. The molecule has 138 valence electrons. The van der Waals surface area contributed by atoms with E-state index >= 15 is 0 Å². The van der Waals surface area contributed by atoms with Crippen LogP contribution in [0.15, 0.2) is 24.5 Å². The molecule has 0 aliphatic heterocycles. The standard InChI is InChI=1S/C20H26N4OS/c1-24(2)15-6-4-14(5-7-15)23-19-18-16-11-13(9-10-25)3-8-17(16)26-20(18)22-12-21-19/h3,8,11-12,14-15,25H,4-7,9-10H2,1-2H3,(H,21,22,23). The number of aromatic nitrogens is 2. The van der Waals surface area contributed by atoms with Crippen LogP contribution in [0, 0.1) is 0 Å². The molecule has 0 radical (unpaired) electrons. The fourth-order valence-electron chi connectivity index (χ4n) is 3.98. The molecule has 1 aliphatic rings. The smallest absolute Gasteiger partial charge is 0.139 e. The van der Waals surface area contributed by atoms with E-state index < -0.39 is 0 Å². The molecule has 1 fully saturated rings. The number of aliphatic hydroxyl groups is 1. The van der Waals surface area contributed by atoms with Gasteiger partial charge in [0.05, 0.1) is 5.39 Å². The summed E-state index contributed by atoms with van der Waals surface area (Å²) < 4.78 is 1.22. The number of fused-ring (bicyclic) bond motifs is 3. The van der Waals surface area contributed by atoms with Crippen LogP contribution in [0.1, 0.15) is 31.2 Å². The summed E-state index contributed by atoms with van der Waals surface area (Å²) in [6, 6.07) is 7.58. The number of hydrogen-bond donors (Lipinski definition) is 2. The Morgan fingerprint density at radius 2 is 2.00 bits per heavy atom. The highest BCUT2D eigenvalue weighted by Crippen LogP contribution is 2.37. The van der Waals surface area contributed by atoms with E-state index in [0.717, 1.165) is 21.6 Å². The Kier molecular flexibility index (Phi) is 5.07. The van der Waals surface area contributed by atoms with Crippen LogP contribution >= 0.6 is 11.3 Å². The van der Waals surface area contributed by atoms with Crippen LogP contribution in [0.5, 0.6) is 0 Å². The minimum Gasteiger partial charge on any atom is -0.396 e. The van der Waals surface area contributed by atoms with E-state index in [-0.39, 0.29) is 6.61 Å². The lowest BCUT2D eigenvalue weighted by Crippen LogP contribution is -2.36. The minimum atomic E-state index is 0.171. The first-order valence-electron chi connectivity index (χ1n) is 9.35. The second-order valence-electron chi connectivity index (χ2n) is 7.42. The maximum absolute atomic E-state index is 9.25. The van der Waals surface area contributed by atoms with Gasteiger partial charge in [0.1, 0.15) is 17.0 Å². The molecule has 4 rings (SSSR count). The van der Waals surface area contributed by atoms with E-state index in [9.17, 15) is 5.11 Å². The normalized spacial score (nSPS) is 20.9. The summed E-state index contributed by atoms with van der Waals surface area (Å²) in [5, 5.41) is 15.3. The van der Waals surface area contributed by atoms with Gasteiger partial charge >= 0.3 is 0 Å². The zero-order valence-corrected chi connectivity index (χ0v) is 16.2. The van der Waals surface area contributed by atoms with Gasteiger partial charge in [-0.1, -0.05) is 6.07 Å². The molecule has 1 aliphatic carbocycles. The van der Waals surface area contributed by atoms with E-state index in [4.69, 9.17) is 0 Å². The fraction of sp³-hybridized carbons (Fsp3) is 0.500. The third-order valence-corrected chi connectivity index (χ3v) is 6.58. The molecule has 3 aromatic rings. The van der Waals surface area contributed by atoms with Crippen molar-refractivity contribution in [2.45, 2.75) is 44.2 Å². The molecular weight excluding hydrogens is 344 g/mol. The second-order valence-corrected chi connectivity index (χ2v) is 8.45. The molecule has 26 heavy (non-hydrogen) atoms. The molecule has 6 heteroatoms. The molecule has 0 spiro atoms. The number of hydrogen-bond acceptors (Lipinski definition) is 6. The Morgan fingerprint density at radius 3 is 2.73 bits per heavy atom. The van der Waals surface area contributed by atoms with Crippen molar-refractivity contribution in [1.29, 1.82) is 0 Å². The lowest BCUT2D eigenvalue weighted by Gasteiger charge is -2.33. The lowest BCUT2D eigenvalue weighted by atomic mass is 9.90. The topological polar surface area (TPSA) is 61.3 Å². The molecule has 1 aromatic carbocycles. The fourth-order valence-corrected chi connectivity index (χ4v) is 5.00. The van der Waals surface area contributed by atoms with Gasteiger partial charge in [-0.15, -0.1) is 11.3 Å². The number of nitrogens with one attached hydrogen (secondary N) is 1. The third kappa shape index (κ3) is 3.41. The Balaban J connectivity index is 1.64. The van der Waals surface area contributed by atoms with Gasteiger partial charge < -0.3 is 15.3 Å². The Bertz CT molecular complexity index is 899.